The molecule has 2 rings (SSSR count). The van der Waals surface area contributed by atoms with Gasteiger partial charge in [-0.2, -0.15) is 0 Å². The Morgan fingerprint density at radius 2 is 1.84 bits per heavy atom. The second kappa shape index (κ2) is 9.69. The van der Waals surface area contributed by atoms with E-state index in [-0.39, 0.29) is 12.5 Å². The molecule has 5 heteroatoms. The van der Waals surface area contributed by atoms with Crippen LogP contribution < -0.4 is 14.8 Å². The minimum absolute atomic E-state index is 0.0643. The lowest BCUT2D eigenvalue weighted by molar-refractivity contribution is -0.137. The molecule has 0 spiro atoms. The highest BCUT2D eigenvalue weighted by molar-refractivity contribution is 5.66. The van der Waals surface area contributed by atoms with Crippen molar-refractivity contribution in [3.63, 3.8) is 0 Å². The van der Waals surface area contributed by atoms with Crippen LogP contribution in [0.25, 0.3) is 0 Å². The smallest absolute Gasteiger partial charge is 0.303 e. The summed E-state index contributed by atoms with van der Waals surface area (Å²) in [5, 5.41) is 12.5. The van der Waals surface area contributed by atoms with Crippen LogP contribution in [0.15, 0.2) is 48.5 Å². The van der Waals surface area contributed by atoms with Crippen molar-refractivity contribution in [3.05, 3.63) is 59.7 Å². The molecule has 1 atom stereocenters. The van der Waals surface area contributed by atoms with Crippen LogP contribution in [0.4, 0.5) is 0 Å². The molecular weight excluding hydrogens is 318 g/mol. The Labute approximate surface area is 148 Å². The van der Waals surface area contributed by atoms with E-state index in [1.807, 2.05) is 36.4 Å². The molecule has 0 aliphatic carbocycles. The maximum atomic E-state index is 11.0. The van der Waals surface area contributed by atoms with Crippen molar-refractivity contribution in [2.24, 2.45) is 0 Å². The Morgan fingerprint density at radius 3 is 2.48 bits per heavy atom. The largest absolute Gasteiger partial charge is 0.493 e. The van der Waals surface area contributed by atoms with Gasteiger partial charge in [0.2, 0.25) is 0 Å². The monoisotopic (exact) mass is 343 g/mol. The number of carbonyl (C=O) groups is 1. The third-order valence-corrected chi connectivity index (χ3v) is 4.10. The van der Waals surface area contributed by atoms with Gasteiger partial charge in [0.05, 0.1) is 14.2 Å². The predicted molar refractivity (Wildman–Crippen MR) is 97.2 cm³/mol. The van der Waals surface area contributed by atoms with E-state index in [0.717, 1.165) is 12.0 Å². The summed E-state index contributed by atoms with van der Waals surface area (Å²) < 4.78 is 10.8. The van der Waals surface area contributed by atoms with E-state index in [4.69, 9.17) is 14.6 Å². The van der Waals surface area contributed by atoms with Crippen LogP contribution in [0.3, 0.4) is 0 Å². The van der Waals surface area contributed by atoms with E-state index >= 15 is 0 Å². The van der Waals surface area contributed by atoms with Gasteiger partial charge in [0.1, 0.15) is 0 Å². The lowest BCUT2D eigenvalue weighted by Crippen LogP contribution is -2.31. The molecule has 0 bridgehead atoms. The number of hydrogen-bond acceptors (Lipinski definition) is 4. The summed E-state index contributed by atoms with van der Waals surface area (Å²) in [4.78, 5) is 11.0. The summed E-state index contributed by atoms with van der Waals surface area (Å²) in [7, 11) is 3.23. The molecule has 0 heterocycles. The minimum atomic E-state index is -0.779. The van der Waals surface area contributed by atoms with Crippen molar-refractivity contribution in [2.75, 3.05) is 14.2 Å². The molecule has 0 amide bonds. The maximum absolute atomic E-state index is 11.0. The third-order valence-electron chi connectivity index (χ3n) is 4.10. The van der Waals surface area contributed by atoms with Crippen molar-refractivity contribution in [3.8, 4) is 11.5 Å². The summed E-state index contributed by atoms with van der Waals surface area (Å²) in [6, 6.07) is 15.9. The van der Waals surface area contributed by atoms with Crippen LogP contribution in [-0.4, -0.2) is 31.3 Å². The van der Waals surface area contributed by atoms with Crippen molar-refractivity contribution >= 4 is 5.97 Å². The highest BCUT2D eigenvalue weighted by Crippen LogP contribution is 2.30. The van der Waals surface area contributed by atoms with Gasteiger partial charge in [-0.25, -0.2) is 0 Å². The molecule has 1 unspecified atom stereocenters. The van der Waals surface area contributed by atoms with Gasteiger partial charge in [-0.05, 0) is 24.5 Å². The quantitative estimate of drug-likeness (QED) is 0.693. The Bertz CT molecular complexity index is 673. The fourth-order valence-corrected chi connectivity index (χ4v) is 2.82. The molecule has 2 N–H and O–H groups in total. The number of hydrogen-bond donors (Lipinski definition) is 2. The van der Waals surface area contributed by atoms with Crippen molar-refractivity contribution < 1.29 is 19.4 Å². The highest BCUT2D eigenvalue weighted by atomic mass is 16.5. The Hall–Kier alpha value is -2.53. The van der Waals surface area contributed by atoms with Crippen LogP contribution in [0.5, 0.6) is 11.5 Å². The molecule has 2 aromatic carbocycles. The van der Waals surface area contributed by atoms with Crippen molar-refractivity contribution in [1.29, 1.82) is 0 Å². The average Bonchev–Trinajstić information content (AvgIpc) is 2.64. The lowest BCUT2D eigenvalue weighted by atomic mass is 10.0. The summed E-state index contributed by atoms with van der Waals surface area (Å²) in [5.74, 6) is 0.611. The Morgan fingerprint density at radius 1 is 1.08 bits per heavy atom. The second-order valence-corrected chi connectivity index (χ2v) is 5.85. The number of nitrogens with one attached hydrogen (secondary N) is 1. The van der Waals surface area contributed by atoms with E-state index in [1.165, 1.54) is 5.56 Å². The summed E-state index contributed by atoms with van der Waals surface area (Å²) in [5.41, 5.74) is 2.17. The molecule has 0 aliphatic heterocycles. The van der Waals surface area contributed by atoms with Gasteiger partial charge in [-0.3, -0.25) is 4.79 Å². The molecule has 25 heavy (non-hydrogen) atoms. The normalized spacial score (nSPS) is 11.8. The van der Waals surface area contributed by atoms with Gasteiger partial charge in [-0.1, -0.05) is 42.5 Å². The zero-order chi connectivity index (χ0) is 18.1. The first-order valence-electron chi connectivity index (χ1n) is 8.33. The number of para-hydroxylation sites is 1. The summed E-state index contributed by atoms with van der Waals surface area (Å²) >= 11 is 0. The molecule has 0 aromatic heterocycles. The highest BCUT2D eigenvalue weighted by Gasteiger charge is 2.14. The fourth-order valence-electron chi connectivity index (χ4n) is 2.82. The number of methoxy groups -OCH3 is 2. The van der Waals surface area contributed by atoms with Crippen molar-refractivity contribution in [2.45, 2.75) is 31.8 Å². The number of rotatable bonds is 10. The van der Waals surface area contributed by atoms with Crippen LogP contribution in [0.2, 0.25) is 0 Å². The molecule has 0 aliphatic rings. The van der Waals surface area contributed by atoms with E-state index < -0.39 is 5.97 Å². The minimum Gasteiger partial charge on any atom is -0.493 e. The van der Waals surface area contributed by atoms with Crippen LogP contribution in [0.1, 0.15) is 24.0 Å². The molecule has 0 saturated heterocycles. The Kier molecular flexibility index (Phi) is 7.29. The van der Waals surface area contributed by atoms with Crippen molar-refractivity contribution in [1.82, 2.24) is 5.32 Å². The molecule has 5 nitrogen and oxygen atoms in total. The fraction of sp³-hybridized carbons (Fsp3) is 0.350. The number of ether oxygens (including phenoxy) is 2. The van der Waals surface area contributed by atoms with Crippen LogP contribution in [0, 0.1) is 0 Å². The van der Waals surface area contributed by atoms with E-state index in [9.17, 15) is 4.79 Å². The van der Waals surface area contributed by atoms with Gasteiger partial charge >= 0.3 is 5.97 Å². The average molecular weight is 343 g/mol. The van der Waals surface area contributed by atoms with E-state index in [1.54, 1.807) is 14.2 Å². The number of carboxylic acids is 1. The zero-order valence-corrected chi connectivity index (χ0v) is 14.7. The lowest BCUT2D eigenvalue weighted by Gasteiger charge is -2.20. The van der Waals surface area contributed by atoms with Gasteiger partial charge in [0.15, 0.2) is 11.5 Å². The second-order valence-electron chi connectivity index (χ2n) is 5.85. The first-order chi connectivity index (χ1) is 12.1. The standard InChI is InChI=1S/C20H25NO4/c1-24-18-10-6-9-16(20(18)25-2)14-21-17(11-12-19(22)23)13-15-7-4-3-5-8-15/h3-10,17,21H,11-14H2,1-2H3,(H,22,23). The number of aliphatic carboxylic acids is 1. The molecular formula is C20H25NO4. The molecule has 2 aromatic rings. The summed E-state index contributed by atoms with van der Waals surface area (Å²) in [6.07, 6.45) is 1.48. The summed E-state index contributed by atoms with van der Waals surface area (Å²) in [6.45, 7) is 0.581. The van der Waals surface area contributed by atoms with Crippen LogP contribution >= 0.6 is 0 Å². The Balaban J connectivity index is 2.07. The topological polar surface area (TPSA) is 67.8 Å². The number of benzene rings is 2. The maximum Gasteiger partial charge on any atom is 0.303 e. The first-order valence-corrected chi connectivity index (χ1v) is 8.33. The predicted octanol–water partition coefficient (Wildman–Crippen LogP) is 3.27. The van der Waals surface area contributed by atoms with Gasteiger partial charge in [0, 0.05) is 24.6 Å². The van der Waals surface area contributed by atoms with Gasteiger partial charge in [-0.15, -0.1) is 0 Å². The third kappa shape index (κ3) is 5.80. The molecule has 134 valence electrons. The van der Waals surface area contributed by atoms with Crippen LogP contribution in [-0.2, 0) is 17.8 Å². The molecule has 0 saturated carbocycles. The van der Waals surface area contributed by atoms with Gasteiger partial charge < -0.3 is 19.9 Å². The zero-order valence-electron chi connectivity index (χ0n) is 14.7. The van der Waals surface area contributed by atoms with E-state index in [0.29, 0.717) is 24.5 Å². The molecule has 0 fully saturated rings. The SMILES string of the molecule is COc1cccc(CNC(CCC(=O)O)Cc2ccccc2)c1OC. The first kappa shape index (κ1) is 18.8. The molecule has 0 radical (unpaired) electrons. The van der Waals surface area contributed by atoms with E-state index in [2.05, 4.69) is 17.4 Å². The van der Waals surface area contributed by atoms with Gasteiger partial charge in [0.25, 0.3) is 0 Å². The number of carboxylic acid groups (broad SMARTS) is 1.